The van der Waals surface area contributed by atoms with E-state index in [-0.39, 0.29) is 11.4 Å². The molecule has 96 valence electrons. The molecule has 1 aromatic rings. The van der Waals surface area contributed by atoms with Crippen LogP contribution in [0.25, 0.3) is 0 Å². The molecule has 3 N–H and O–H groups in total. The number of aryl methyl sites for hydroxylation is 1. The van der Waals surface area contributed by atoms with E-state index in [4.69, 9.17) is 5.73 Å². The van der Waals surface area contributed by atoms with Crippen molar-refractivity contribution < 1.29 is 18.0 Å². The molecule has 0 atom stereocenters. The number of hydrogen-bond donors (Lipinski definition) is 2. The molecule has 0 bridgehead atoms. The molecule has 8 heteroatoms. The van der Waals surface area contributed by atoms with Crippen molar-refractivity contribution in [3.63, 3.8) is 0 Å². The maximum atomic E-state index is 12.1. The normalized spacial score (nSPS) is 11.6. The van der Waals surface area contributed by atoms with Gasteiger partial charge in [0, 0.05) is 7.05 Å². The lowest BCUT2D eigenvalue weighted by Crippen LogP contribution is -2.36. The number of carbonyl (C=O) groups excluding carboxylic acids is 1. The lowest BCUT2D eigenvalue weighted by molar-refractivity contribution is -0.138. The number of halogens is 3. The highest BCUT2D eigenvalue weighted by molar-refractivity contribution is 5.97. The van der Waals surface area contributed by atoms with Crippen molar-refractivity contribution in [1.82, 2.24) is 15.1 Å². The molecule has 0 aliphatic carbocycles. The molecule has 0 aliphatic heterocycles. The van der Waals surface area contributed by atoms with Gasteiger partial charge in [0.05, 0.1) is 11.4 Å². The van der Waals surface area contributed by atoms with E-state index in [0.717, 1.165) is 7.05 Å². The Kier molecular flexibility index (Phi) is 3.64. The number of nitrogen functional groups attached to an aromatic ring is 1. The van der Waals surface area contributed by atoms with Gasteiger partial charge in [-0.3, -0.25) is 9.89 Å². The summed E-state index contributed by atoms with van der Waals surface area (Å²) in [5, 5.41) is 6.15. The Morgan fingerprint density at radius 3 is 2.53 bits per heavy atom. The number of alkyl halides is 3. The first-order valence-electron chi connectivity index (χ1n) is 4.91. The van der Waals surface area contributed by atoms with Crippen molar-refractivity contribution in [3.05, 3.63) is 11.4 Å². The van der Waals surface area contributed by atoms with Crippen LogP contribution in [0.3, 0.4) is 0 Å². The van der Waals surface area contributed by atoms with Gasteiger partial charge in [-0.05, 0) is 6.42 Å². The van der Waals surface area contributed by atoms with Gasteiger partial charge in [-0.15, -0.1) is 0 Å². The Morgan fingerprint density at radius 1 is 1.53 bits per heavy atom. The third kappa shape index (κ3) is 3.11. The quantitative estimate of drug-likeness (QED) is 0.846. The largest absolute Gasteiger partial charge is 0.406 e. The summed E-state index contributed by atoms with van der Waals surface area (Å²) in [7, 11) is 1.05. The molecule has 0 aliphatic rings. The number of anilines is 1. The summed E-state index contributed by atoms with van der Waals surface area (Å²) in [6.45, 7) is 0.456. The third-order valence-corrected chi connectivity index (χ3v) is 2.20. The summed E-state index contributed by atoms with van der Waals surface area (Å²) < 4.78 is 36.3. The predicted molar refractivity (Wildman–Crippen MR) is 55.4 cm³/mol. The van der Waals surface area contributed by atoms with Crippen LogP contribution >= 0.6 is 0 Å². The van der Waals surface area contributed by atoms with E-state index >= 15 is 0 Å². The van der Waals surface area contributed by atoms with Crippen LogP contribution in [-0.2, 0) is 6.42 Å². The zero-order valence-corrected chi connectivity index (χ0v) is 9.43. The van der Waals surface area contributed by atoms with Crippen LogP contribution in [0, 0.1) is 0 Å². The molecule has 5 nitrogen and oxygen atoms in total. The molecular formula is C9H13F3N4O. The lowest BCUT2D eigenvalue weighted by atomic mass is 10.2. The van der Waals surface area contributed by atoms with Crippen LogP contribution < -0.4 is 5.73 Å². The van der Waals surface area contributed by atoms with E-state index in [1.54, 1.807) is 6.92 Å². The van der Waals surface area contributed by atoms with E-state index in [9.17, 15) is 18.0 Å². The van der Waals surface area contributed by atoms with Gasteiger partial charge < -0.3 is 10.6 Å². The fraction of sp³-hybridized carbons (Fsp3) is 0.556. The number of hydrogen-bond acceptors (Lipinski definition) is 3. The first-order valence-corrected chi connectivity index (χ1v) is 4.91. The molecule has 0 unspecified atom stereocenters. The van der Waals surface area contributed by atoms with E-state index < -0.39 is 18.6 Å². The van der Waals surface area contributed by atoms with Crippen molar-refractivity contribution in [1.29, 1.82) is 0 Å². The second-order valence-electron chi connectivity index (χ2n) is 3.59. The summed E-state index contributed by atoms with van der Waals surface area (Å²) in [5.74, 6) is -0.851. The van der Waals surface area contributed by atoms with Crippen LogP contribution in [0.2, 0.25) is 0 Å². The van der Waals surface area contributed by atoms with Gasteiger partial charge in [0.1, 0.15) is 6.54 Å². The van der Waals surface area contributed by atoms with E-state index in [0.29, 0.717) is 17.0 Å². The fourth-order valence-electron chi connectivity index (χ4n) is 1.34. The van der Waals surface area contributed by atoms with Gasteiger partial charge in [0.25, 0.3) is 5.91 Å². The average molecular weight is 250 g/mol. The second kappa shape index (κ2) is 4.64. The van der Waals surface area contributed by atoms with Crippen molar-refractivity contribution in [2.24, 2.45) is 0 Å². The third-order valence-electron chi connectivity index (χ3n) is 2.20. The van der Waals surface area contributed by atoms with Crippen molar-refractivity contribution >= 4 is 11.6 Å². The average Bonchev–Trinajstić information content (AvgIpc) is 2.55. The molecular weight excluding hydrogens is 237 g/mol. The van der Waals surface area contributed by atoms with Gasteiger partial charge in [-0.2, -0.15) is 18.3 Å². The number of nitrogens with one attached hydrogen (secondary N) is 1. The Hall–Kier alpha value is -1.73. The van der Waals surface area contributed by atoms with Crippen LogP contribution in [-0.4, -0.2) is 40.8 Å². The predicted octanol–water partition coefficient (Wildman–Crippen LogP) is 1.19. The van der Waals surface area contributed by atoms with Gasteiger partial charge in [-0.25, -0.2) is 0 Å². The molecule has 1 aromatic heterocycles. The highest BCUT2D eigenvalue weighted by atomic mass is 19.4. The monoisotopic (exact) mass is 250 g/mol. The number of aromatic nitrogens is 2. The molecule has 0 radical (unpaired) electrons. The molecule has 1 heterocycles. The number of amides is 1. The van der Waals surface area contributed by atoms with E-state index in [2.05, 4.69) is 10.2 Å². The summed E-state index contributed by atoms with van der Waals surface area (Å²) in [6, 6.07) is 0. The standard InChI is InChI=1S/C9H13F3N4O/c1-3-5-6(13)7(15-14-5)8(17)16(2)4-9(10,11)12/h3-4,13H2,1-2H3,(H,14,15). The number of nitrogens with two attached hydrogens (primary N) is 1. The highest BCUT2D eigenvalue weighted by Gasteiger charge is 2.32. The molecule has 17 heavy (non-hydrogen) atoms. The summed E-state index contributed by atoms with van der Waals surface area (Å²) in [5.41, 5.74) is 6.06. The van der Waals surface area contributed by atoms with Crippen LogP contribution in [0.4, 0.5) is 18.9 Å². The fourth-order valence-corrected chi connectivity index (χ4v) is 1.34. The lowest BCUT2D eigenvalue weighted by Gasteiger charge is -2.17. The maximum Gasteiger partial charge on any atom is 0.406 e. The number of aromatic amines is 1. The molecule has 0 saturated heterocycles. The first kappa shape index (κ1) is 13.3. The first-order chi connectivity index (χ1) is 7.76. The molecule has 0 fully saturated rings. The summed E-state index contributed by atoms with van der Waals surface area (Å²) in [4.78, 5) is 12.2. The smallest absolute Gasteiger partial charge is 0.395 e. The topological polar surface area (TPSA) is 75.0 Å². The van der Waals surface area contributed by atoms with Crippen molar-refractivity contribution in [2.45, 2.75) is 19.5 Å². The van der Waals surface area contributed by atoms with Crippen molar-refractivity contribution in [3.8, 4) is 0 Å². The van der Waals surface area contributed by atoms with Crippen LogP contribution in [0.5, 0.6) is 0 Å². The van der Waals surface area contributed by atoms with Gasteiger partial charge >= 0.3 is 6.18 Å². The maximum absolute atomic E-state index is 12.1. The number of rotatable bonds is 3. The Bertz CT molecular complexity index is 413. The van der Waals surface area contributed by atoms with Gasteiger partial charge in [0.2, 0.25) is 0 Å². The Balaban J connectivity index is 2.85. The van der Waals surface area contributed by atoms with Crippen LogP contribution in [0.1, 0.15) is 23.1 Å². The Morgan fingerprint density at radius 2 is 2.12 bits per heavy atom. The van der Waals surface area contributed by atoms with Crippen molar-refractivity contribution in [2.75, 3.05) is 19.3 Å². The van der Waals surface area contributed by atoms with E-state index in [1.165, 1.54) is 0 Å². The van der Waals surface area contributed by atoms with Gasteiger partial charge in [-0.1, -0.05) is 6.92 Å². The summed E-state index contributed by atoms with van der Waals surface area (Å²) in [6.07, 6.45) is -3.92. The SMILES string of the molecule is CCc1[nH]nc(C(=O)N(C)CC(F)(F)F)c1N. The number of H-pyrrole nitrogens is 1. The Labute approximate surface area is 95.8 Å². The van der Waals surface area contributed by atoms with Gasteiger partial charge in [0.15, 0.2) is 5.69 Å². The molecule has 0 spiro atoms. The zero-order valence-electron chi connectivity index (χ0n) is 9.43. The minimum absolute atomic E-state index is 0.103. The number of nitrogens with zero attached hydrogens (tertiary/aromatic N) is 2. The summed E-state index contributed by atoms with van der Waals surface area (Å²) >= 11 is 0. The molecule has 0 aromatic carbocycles. The van der Waals surface area contributed by atoms with E-state index in [1.807, 2.05) is 0 Å². The minimum Gasteiger partial charge on any atom is -0.395 e. The second-order valence-corrected chi connectivity index (χ2v) is 3.59. The van der Waals surface area contributed by atoms with Crippen LogP contribution in [0.15, 0.2) is 0 Å². The molecule has 1 amide bonds. The number of carbonyl (C=O) groups is 1. The minimum atomic E-state index is -4.44. The zero-order chi connectivity index (χ0) is 13.2. The molecule has 1 rings (SSSR count). The molecule has 0 saturated carbocycles. The highest BCUT2D eigenvalue weighted by Crippen LogP contribution is 2.19.